The van der Waals surface area contributed by atoms with E-state index in [9.17, 15) is 19.7 Å². The lowest BCUT2D eigenvalue weighted by molar-refractivity contribution is -0.384. The predicted octanol–water partition coefficient (Wildman–Crippen LogP) is 5.13. The Morgan fingerprint density at radius 1 is 1.19 bits per heavy atom. The van der Waals surface area contributed by atoms with Crippen LogP contribution in [-0.4, -0.2) is 39.5 Å². The van der Waals surface area contributed by atoms with Crippen LogP contribution < -0.4 is 10.6 Å². The fourth-order valence-corrected chi connectivity index (χ4v) is 4.31. The molecule has 4 rings (SSSR count). The Hall–Kier alpha value is -4.25. The first-order valence-corrected chi connectivity index (χ1v) is 12.2. The third kappa shape index (κ3) is 6.05. The van der Waals surface area contributed by atoms with E-state index in [1.165, 1.54) is 23.5 Å². The zero-order valence-electron chi connectivity index (χ0n) is 19.7. The molecule has 0 radical (unpaired) electrons. The molecule has 0 aliphatic carbocycles. The molecule has 0 spiro atoms. The van der Waals surface area contributed by atoms with E-state index in [4.69, 9.17) is 4.74 Å². The summed E-state index contributed by atoms with van der Waals surface area (Å²) in [4.78, 5) is 43.8. The molecule has 2 aromatic heterocycles. The van der Waals surface area contributed by atoms with Gasteiger partial charge in [0.15, 0.2) is 5.13 Å². The van der Waals surface area contributed by atoms with E-state index in [1.54, 1.807) is 17.5 Å². The molecular weight excluding hydrogens is 482 g/mol. The molecule has 0 bridgehead atoms. The summed E-state index contributed by atoms with van der Waals surface area (Å²) in [5.74, 6) is -0.305. The third-order valence-electron chi connectivity index (χ3n) is 5.34. The van der Waals surface area contributed by atoms with Crippen molar-refractivity contribution < 1.29 is 19.2 Å². The number of thiazole rings is 1. The highest BCUT2D eigenvalue weighted by molar-refractivity contribution is 7.14. The van der Waals surface area contributed by atoms with E-state index in [-0.39, 0.29) is 24.6 Å². The molecule has 4 aromatic rings. The number of alkyl carbamates (subject to hydrolysis) is 1. The molecule has 2 aromatic carbocycles. The third-order valence-corrected chi connectivity index (χ3v) is 6.10. The van der Waals surface area contributed by atoms with E-state index in [0.29, 0.717) is 16.4 Å². The smallest absolute Gasteiger partial charge is 0.407 e. The summed E-state index contributed by atoms with van der Waals surface area (Å²) in [5, 5.41) is 19.5. The van der Waals surface area contributed by atoms with Crippen molar-refractivity contribution in [3.05, 3.63) is 75.8 Å². The van der Waals surface area contributed by atoms with Gasteiger partial charge in [-0.05, 0) is 17.5 Å². The highest BCUT2D eigenvalue weighted by Gasteiger charge is 2.24. The number of aromatic amines is 1. The molecule has 36 heavy (non-hydrogen) atoms. The number of amides is 2. The van der Waals surface area contributed by atoms with Crippen molar-refractivity contribution in [2.75, 3.05) is 11.9 Å². The van der Waals surface area contributed by atoms with Gasteiger partial charge in [-0.15, -0.1) is 11.3 Å². The van der Waals surface area contributed by atoms with Crippen LogP contribution in [-0.2, 0) is 16.0 Å². The van der Waals surface area contributed by atoms with Gasteiger partial charge in [0.25, 0.3) is 5.69 Å². The maximum Gasteiger partial charge on any atom is 0.407 e. The van der Waals surface area contributed by atoms with Gasteiger partial charge in [-0.2, -0.15) is 0 Å². The zero-order valence-corrected chi connectivity index (χ0v) is 20.5. The van der Waals surface area contributed by atoms with E-state index < -0.39 is 23.0 Å². The molecule has 2 heterocycles. The lowest BCUT2D eigenvalue weighted by Gasteiger charge is -2.18. The first-order valence-electron chi connectivity index (χ1n) is 11.3. The zero-order chi connectivity index (χ0) is 25.7. The second-order valence-electron chi connectivity index (χ2n) is 8.59. The van der Waals surface area contributed by atoms with Crippen molar-refractivity contribution in [2.24, 2.45) is 5.92 Å². The SMILES string of the molecule is CC(C)COC(=O)N[C@@H](Cc1c[nH]c2ccccc12)C(=O)Nc1nc(-c2cccc([N+](=O)[O-])c2)cs1. The summed E-state index contributed by atoms with van der Waals surface area (Å²) in [6, 6.07) is 12.9. The average Bonchev–Trinajstić information content (AvgIpc) is 3.50. The number of para-hydroxylation sites is 1. The summed E-state index contributed by atoms with van der Waals surface area (Å²) in [6.45, 7) is 4.07. The molecule has 186 valence electrons. The molecule has 11 heteroatoms. The van der Waals surface area contributed by atoms with Gasteiger partial charge in [-0.3, -0.25) is 14.9 Å². The van der Waals surface area contributed by atoms with E-state index >= 15 is 0 Å². The minimum atomic E-state index is -0.922. The fraction of sp³-hybridized carbons (Fsp3) is 0.240. The van der Waals surface area contributed by atoms with Gasteiger partial charge in [0, 0.05) is 46.6 Å². The minimum absolute atomic E-state index is 0.0472. The summed E-state index contributed by atoms with van der Waals surface area (Å²) in [7, 11) is 0. The van der Waals surface area contributed by atoms with Gasteiger partial charge in [-0.25, -0.2) is 9.78 Å². The van der Waals surface area contributed by atoms with Gasteiger partial charge in [-0.1, -0.05) is 44.2 Å². The second kappa shape index (κ2) is 11.0. The van der Waals surface area contributed by atoms with E-state index in [2.05, 4.69) is 20.6 Å². The molecule has 2 amide bonds. The number of nitrogens with zero attached hydrogens (tertiary/aromatic N) is 2. The minimum Gasteiger partial charge on any atom is -0.449 e. The summed E-state index contributed by atoms with van der Waals surface area (Å²) in [6.07, 6.45) is 1.37. The van der Waals surface area contributed by atoms with Gasteiger partial charge >= 0.3 is 6.09 Å². The number of benzene rings is 2. The van der Waals surface area contributed by atoms with Crippen molar-refractivity contribution >= 4 is 45.1 Å². The van der Waals surface area contributed by atoms with Gasteiger partial charge in [0.2, 0.25) is 5.91 Å². The van der Waals surface area contributed by atoms with Gasteiger partial charge in [0.05, 0.1) is 17.2 Å². The molecule has 0 aliphatic heterocycles. The molecule has 3 N–H and O–H groups in total. The second-order valence-corrected chi connectivity index (χ2v) is 9.45. The Morgan fingerprint density at radius 2 is 2.00 bits per heavy atom. The van der Waals surface area contributed by atoms with Crippen molar-refractivity contribution in [1.82, 2.24) is 15.3 Å². The van der Waals surface area contributed by atoms with Crippen LogP contribution in [0.25, 0.3) is 22.2 Å². The number of hydrogen-bond acceptors (Lipinski definition) is 7. The van der Waals surface area contributed by atoms with Crippen molar-refractivity contribution in [2.45, 2.75) is 26.3 Å². The highest BCUT2D eigenvalue weighted by Crippen LogP contribution is 2.28. The summed E-state index contributed by atoms with van der Waals surface area (Å²) < 4.78 is 5.23. The average molecular weight is 508 g/mol. The molecule has 1 atom stereocenters. The molecule has 0 fully saturated rings. The Morgan fingerprint density at radius 3 is 2.78 bits per heavy atom. The number of aromatic nitrogens is 2. The van der Waals surface area contributed by atoms with Crippen LogP contribution >= 0.6 is 11.3 Å². The number of nitro benzene ring substituents is 1. The molecule has 0 saturated carbocycles. The topological polar surface area (TPSA) is 139 Å². The number of nitrogens with one attached hydrogen (secondary N) is 3. The van der Waals surface area contributed by atoms with Gasteiger partial charge < -0.3 is 20.4 Å². The Balaban J connectivity index is 1.52. The molecule has 0 saturated heterocycles. The van der Waals surface area contributed by atoms with Crippen LogP contribution in [0, 0.1) is 16.0 Å². The van der Waals surface area contributed by atoms with Crippen LogP contribution in [0.15, 0.2) is 60.1 Å². The maximum absolute atomic E-state index is 13.2. The number of H-pyrrole nitrogens is 1. The summed E-state index contributed by atoms with van der Waals surface area (Å²) >= 11 is 1.18. The fourth-order valence-electron chi connectivity index (χ4n) is 3.59. The number of carbonyl (C=O) groups is 2. The quantitative estimate of drug-likeness (QED) is 0.212. The predicted molar refractivity (Wildman–Crippen MR) is 138 cm³/mol. The number of non-ortho nitro benzene ring substituents is 1. The number of fused-ring (bicyclic) bond motifs is 1. The first-order chi connectivity index (χ1) is 17.3. The van der Waals surface area contributed by atoms with Crippen molar-refractivity contribution in [3.8, 4) is 11.3 Å². The van der Waals surface area contributed by atoms with Crippen molar-refractivity contribution in [1.29, 1.82) is 0 Å². The van der Waals surface area contributed by atoms with Crippen molar-refractivity contribution in [3.63, 3.8) is 0 Å². The van der Waals surface area contributed by atoms with Gasteiger partial charge in [0.1, 0.15) is 6.04 Å². The normalized spacial score (nSPS) is 11.9. The highest BCUT2D eigenvalue weighted by atomic mass is 32.1. The molecule has 0 unspecified atom stereocenters. The maximum atomic E-state index is 13.2. The lowest BCUT2D eigenvalue weighted by atomic mass is 10.0. The van der Waals surface area contributed by atoms with Crippen LogP contribution in [0.3, 0.4) is 0 Å². The van der Waals surface area contributed by atoms with Crippen LogP contribution in [0.4, 0.5) is 15.6 Å². The lowest BCUT2D eigenvalue weighted by Crippen LogP contribution is -2.45. The van der Waals surface area contributed by atoms with E-state index in [1.807, 2.05) is 44.3 Å². The number of carbonyl (C=O) groups excluding carboxylic acids is 2. The Kier molecular flexibility index (Phi) is 7.59. The first kappa shape index (κ1) is 24.9. The summed E-state index contributed by atoms with van der Waals surface area (Å²) in [5.41, 5.74) is 2.80. The standard InChI is InChI=1S/C25H25N5O5S/c1-15(2)13-35-25(32)28-21(11-17-12-26-20-9-4-3-8-19(17)20)23(31)29-24-27-22(14-36-24)16-6-5-7-18(10-16)30(33)34/h3-10,12,14-15,21,26H,11,13H2,1-2H3,(H,28,32)(H,27,29,31)/t21-/m0/s1. The van der Waals surface area contributed by atoms with Crippen LogP contribution in [0.2, 0.25) is 0 Å². The van der Waals surface area contributed by atoms with Crippen LogP contribution in [0.5, 0.6) is 0 Å². The number of rotatable bonds is 9. The number of nitro groups is 1. The molecule has 10 nitrogen and oxygen atoms in total. The number of hydrogen-bond donors (Lipinski definition) is 3. The Bertz CT molecular complexity index is 1400. The largest absolute Gasteiger partial charge is 0.449 e. The Labute approximate surface area is 210 Å². The monoisotopic (exact) mass is 507 g/mol. The molecular formula is C25H25N5O5S. The molecule has 0 aliphatic rings. The van der Waals surface area contributed by atoms with E-state index in [0.717, 1.165) is 16.5 Å². The number of anilines is 1. The number of ether oxygens (including phenoxy) is 1. The van der Waals surface area contributed by atoms with Crippen LogP contribution in [0.1, 0.15) is 19.4 Å².